The maximum absolute atomic E-state index is 13.1. The van der Waals surface area contributed by atoms with Crippen molar-refractivity contribution in [1.29, 1.82) is 0 Å². The molecule has 0 saturated carbocycles. The Balaban J connectivity index is 1.96. The molecule has 0 bridgehead atoms. The van der Waals surface area contributed by atoms with Gasteiger partial charge in [0.2, 0.25) is 5.91 Å². The van der Waals surface area contributed by atoms with Crippen LogP contribution < -0.4 is 19.7 Å². The molecule has 0 aliphatic rings. The van der Waals surface area contributed by atoms with Gasteiger partial charge in [0.15, 0.2) is 0 Å². The highest BCUT2D eigenvalue weighted by Crippen LogP contribution is 2.33. The van der Waals surface area contributed by atoms with Gasteiger partial charge in [-0.3, -0.25) is 9.52 Å². The summed E-state index contributed by atoms with van der Waals surface area (Å²) in [6, 6.07) is 21.1. The van der Waals surface area contributed by atoms with Crippen molar-refractivity contribution in [1.82, 2.24) is 0 Å². The van der Waals surface area contributed by atoms with Crippen LogP contribution in [0.15, 0.2) is 77.7 Å². The van der Waals surface area contributed by atoms with E-state index in [0.29, 0.717) is 17.1 Å². The van der Waals surface area contributed by atoms with Crippen LogP contribution in [0, 0.1) is 0 Å². The van der Waals surface area contributed by atoms with Crippen LogP contribution in [0.5, 0.6) is 5.75 Å². The Kier molecular flexibility index (Phi) is 6.27. The van der Waals surface area contributed by atoms with E-state index in [1.54, 1.807) is 12.1 Å². The summed E-state index contributed by atoms with van der Waals surface area (Å²) in [6.07, 6.45) is 0. The summed E-state index contributed by atoms with van der Waals surface area (Å²) in [4.78, 5) is 13.4. The molecule has 0 fully saturated rings. The first-order valence-electron chi connectivity index (χ1n) is 9.18. The lowest BCUT2D eigenvalue weighted by Crippen LogP contribution is -2.17. The molecular formula is C22H23N3O4S. The minimum absolute atomic E-state index is 0.00390. The topological polar surface area (TPSA) is 87.7 Å². The predicted molar refractivity (Wildman–Crippen MR) is 119 cm³/mol. The third-order valence-corrected chi connectivity index (χ3v) is 5.81. The van der Waals surface area contributed by atoms with Crippen molar-refractivity contribution < 1.29 is 17.9 Å². The molecule has 0 aromatic heterocycles. The SMILES string of the molecule is COc1ccc(S(=O)(=O)Nc2ccccc2N(C)c2ccccc2)cc1NC(C)=O. The van der Waals surface area contributed by atoms with Gasteiger partial charge in [-0.15, -0.1) is 0 Å². The van der Waals surface area contributed by atoms with E-state index in [1.807, 2.05) is 54.4 Å². The Morgan fingerprint density at radius 1 is 0.933 bits per heavy atom. The third kappa shape index (κ3) is 4.72. The van der Waals surface area contributed by atoms with Crippen molar-refractivity contribution in [2.24, 2.45) is 0 Å². The van der Waals surface area contributed by atoms with Crippen molar-refractivity contribution >= 4 is 38.7 Å². The number of carbonyl (C=O) groups excluding carboxylic acids is 1. The summed E-state index contributed by atoms with van der Waals surface area (Å²) < 4.78 is 34.0. The molecular weight excluding hydrogens is 402 g/mol. The second kappa shape index (κ2) is 8.87. The second-order valence-electron chi connectivity index (χ2n) is 6.56. The highest BCUT2D eigenvalue weighted by atomic mass is 32.2. The maximum Gasteiger partial charge on any atom is 0.262 e. The molecule has 0 saturated heterocycles. The van der Waals surface area contributed by atoms with Gasteiger partial charge in [0, 0.05) is 19.7 Å². The zero-order chi connectivity index (χ0) is 21.7. The summed E-state index contributed by atoms with van der Waals surface area (Å²) in [5.41, 5.74) is 2.33. The number of nitrogens with zero attached hydrogens (tertiary/aromatic N) is 1. The minimum atomic E-state index is -3.92. The molecule has 0 aliphatic carbocycles. The highest BCUT2D eigenvalue weighted by molar-refractivity contribution is 7.92. The molecule has 8 heteroatoms. The van der Waals surface area contributed by atoms with Crippen molar-refractivity contribution in [2.45, 2.75) is 11.8 Å². The van der Waals surface area contributed by atoms with Gasteiger partial charge in [0.05, 0.1) is 29.1 Å². The van der Waals surface area contributed by atoms with E-state index in [-0.39, 0.29) is 16.5 Å². The van der Waals surface area contributed by atoms with Crippen molar-refractivity contribution in [3.63, 3.8) is 0 Å². The van der Waals surface area contributed by atoms with E-state index in [1.165, 1.54) is 32.2 Å². The van der Waals surface area contributed by atoms with E-state index >= 15 is 0 Å². The van der Waals surface area contributed by atoms with Crippen molar-refractivity contribution in [3.05, 3.63) is 72.8 Å². The second-order valence-corrected chi connectivity index (χ2v) is 8.24. The van der Waals surface area contributed by atoms with Gasteiger partial charge in [-0.25, -0.2) is 8.42 Å². The van der Waals surface area contributed by atoms with E-state index in [2.05, 4.69) is 10.0 Å². The molecule has 3 aromatic carbocycles. The Labute approximate surface area is 176 Å². The molecule has 3 aromatic rings. The Morgan fingerprint density at radius 2 is 1.60 bits per heavy atom. The van der Waals surface area contributed by atoms with Gasteiger partial charge in [-0.05, 0) is 42.5 Å². The van der Waals surface area contributed by atoms with Crippen LogP contribution >= 0.6 is 0 Å². The normalized spacial score (nSPS) is 10.9. The third-order valence-electron chi connectivity index (χ3n) is 4.45. The summed E-state index contributed by atoms with van der Waals surface area (Å²) >= 11 is 0. The molecule has 0 spiro atoms. The average molecular weight is 426 g/mol. The van der Waals surface area contributed by atoms with Gasteiger partial charge < -0.3 is 15.0 Å². The number of para-hydroxylation sites is 3. The monoisotopic (exact) mass is 425 g/mol. The van der Waals surface area contributed by atoms with Gasteiger partial charge in [0.1, 0.15) is 5.75 Å². The first-order valence-corrected chi connectivity index (χ1v) is 10.7. The molecule has 0 atom stereocenters. The molecule has 30 heavy (non-hydrogen) atoms. The number of nitrogens with one attached hydrogen (secondary N) is 2. The summed E-state index contributed by atoms with van der Waals surface area (Å²) in [5.74, 6) is 0.0407. The minimum Gasteiger partial charge on any atom is -0.495 e. The van der Waals surface area contributed by atoms with Crippen LogP contribution in [0.25, 0.3) is 0 Å². The average Bonchev–Trinajstić information content (AvgIpc) is 2.73. The number of sulfonamides is 1. The fraction of sp³-hybridized carbons (Fsp3) is 0.136. The van der Waals surface area contributed by atoms with Crippen molar-refractivity contribution in [2.75, 3.05) is 29.1 Å². The smallest absolute Gasteiger partial charge is 0.262 e. The van der Waals surface area contributed by atoms with Crippen molar-refractivity contribution in [3.8, 4) is 5.75 Å². The van der Waals surface area contributed by atoms with Crippen LogP contribution in [0.1, 0.15) is 6.92 Å². The van der Waals surface area contributed by atoms with Gasteiger partial charge in [-0.1, -0.05) is 30.3 Å². The molecule has 7 nitrogen and oxygen atoms in total. The number of hydrogen-bond acceptors (Lipinski definition) is 5. The number of benzene rings is 3. The fourth-order valence-electron chi connectivity index (χ4n) is 2.99. The first kappa shape index (κ1) is 21.2. The standard InChI is InChI=1S/C22H23N3O4S/c1-16(26)23-20-15-18(13-14-22(20)29-3)30(27,28)24-19-11-7-8-12-21(19)25(2)17-9-5-4-6-10-17/h4-15,24H,1-3H3,(H,23,26). The van der Waals surface area contributed by atoms with E-state index in [0.717, 1.165) is 5.69 Å². The number of ether oxygens (including phenoxy) is 1. The van der Waals surface area contributed by atoms with Crippen LogP contribution in [0.4, 0.5) is 22.7 Å². The van der Waals surface area contributed by atoms with Crippen LogP contribution in [0.3, 0.4) is 0 Å². The number of anilines is 4. The maximum atomic E-state index is 13.1. The Bertz CT molecular complexity index is 1150. The number of rotatable bonds is 7. The molecule has 156 valence electrons. The lowest BCUT2D eigenvalue weighted by molar-refractivity contribution is -0.114. The molecule has 0 radical (unpaired) electrons. The molecule has 0 heterocycles. The number of amides is 1. The van der Waals surface area contributed by atoms with Crippen LogP contribution in [0.2, 0.25) is 0 Å². The van der Waals surface area contributed by atoms with Crippen LogP contribution in [-0.4, -0.2) is 28.5 Å². The quantitative estimate of drug-likeness (QED) is 0.592. The van der Waals surface area contributed by atoms with E-state index < -0.39 is 10.0 Å². The van der Waals surface area contributed by atoms with Gasteiger partial charge in [-0.2, -0.15) is 0 Å². The highest BCUT2D eigenvalue weighted by Gasteiger charge is 2.20. The largest absolute Gasteiger partial charge is 0.495 e. The molecule has 0 aliphatic heterocycles. The zero-order valence-corrected chi connectivity index (χ0v) is 17.7. The molecule has 2 N–H and O–H groups in total. The summed E-state index contributed by atoms with van der Waals surface area (Å²) in [7, 11) is -0.605. The van der Waals surface area contributed by atoms with Crippen LogP contribution in [-0.2, 0) is 14.8 Å². The number of methoxy groups -OCH3 is 1. The Hall–Kier alpha value is -3.52. The molecule has 3 rings (SSSR count). The number of carbonyl (C=O) groups is 1. The lowest BCUT2D eigenvalue weighted by atomic mass is 10.2. The molecule has 1 amide bonds. The lowest BCUT2D eigenvalue weighted by Gasteiger charge is -2.23. The fourth-order valence-corrected chi connectivity index (χ4v) is 4.09. The zero-order valence-electron chi connectivity index (χ0n) is 16.9. The van der Waals surface area contributed by atoms with Gasteiger partial charge in [0.25, 0.3) is 10.0 Å². The summed E-state index contributed by atoms with van der Waals surface area (Å²) in [6.45, 7) is 1.34. The number of hydrogen-bond donors (Lipinski definition) is 2. The van der Waals surface area contributed by atoms with E-state index in [9.17, 15) is 13.2 Å². The first-order chi connectivity index (χ1) is 14.3. The molecule has 0 unspecified atom stereocenters. The predicted octanol–water partition coefficient (Wildman–Crippen LogP) is 4.22. The summed E-state index contributed by atoms with van der Waals surface area (Å²) in [5, 5.41) is 2.59. The Morgan fingerprint density at radius 3 is 2.27 bits per heavy atom. The van der Waals surface area contributed by atoms with Gasteiger partial charge >= 0.3 is 0 Å². The van der Waals surface area contributed by atoms with E-state index in [4.69, 9.17) is 4.74 Å².